The van der Waals surface area contributed by atoms with Crippen LogP contribution in [-0.2, 0) is 9.59 Å². The summed E-state index contributed by atoms with van der Waals surface area (Å²) in [4.78, 5) is 28.0. The van der Waals surface area contributed by atoms with Crippen molar-refractivity contribution >= 4 is 11.7 Å². The van der Waals surface area contributed by atoms with Crippen molar-refractivity contribution in [2.24, 2.45) is 41.4 Å². The van der Waals surface area contributed by atoms with E-state index >= 15 is 0 Å². The third-order valence-corrected chi connectivity index (χ3v) is 8.17. The molecule has 0 bridgehead atoms. The maximum absolute atomic E-state index is 13.3. The molecule has 0 aromatic rings. The summed E-state index contributed by atoms with van der Waals surface area (Å²) in [6.07, 6.45) is 9.66. The molecule has 4 heteroatoms. The van der Waals surface area contributed by atoms with Crippen LogP contribution in [0.25, 0.3) is 0 Å². The monoisotopic (exact) mass is 413 g/mol. The van der Waals surface area contributed by atoms with E-state index in [2.05, 4.69) is 39.0 Å². The number of likely N-dealkylation sites (tertiary alicyclic amines) is 1. The van der Waals surface area contributed by atoms with Crippen LogP contribution in [0.3, 0.4) is 0 Å². The van der Waals surface area contributed by atoms with Crippen molar-refractivity contribution in [3.05, 3.63) is 35.1 Å². The summed E-state index contributed by atoms with van der Waals surface area (Å²) in [5.74, 6) is 1.09. The Morgan fingerprint density at radius 2 is 1.93 bits per heavy atom. The van der Waals surface area contributed by atoms with E-state index in [-0.39, 0.29) is 46.7 Å². The molecule has 1 amide bonds. The lowest BCUT2D eigenvalue weighted by Crippen LogP contribution is -2.42. The number of carbonyl (C=O) groups excluding carboxylic acids is 2. The zero-order valence-corrected chi connectivity index (χ0v) is 19.7. The number of amides is 1. The lowest BCUT2D eigenvalue weighted by molar-refractivity contribution is -0.126. The average Bonchev–Trinajstić information content (AvgIpc) is 2.93. The van der Waals surface area contributed by atoms with Crippen LogP contribution >= 0.6 is 0 Å². The Kier molecular flexibility index (Phi) is 6.64. The van der Waals surface area contributed by atoms with Crippen LogP contribution in [0.1, 0.15) is 60.8 Å². The van der Waals surface area contributed by atoms with Crippen LogP contribution in [0.4, 0.5) is 0 Å². The normalized spacial score (nSPS) is 39.9. The largest absolute Gasteiger partial charge is 0.511 e. The highest BCUT2D eigenvalue weighted by Gasteiger charge is 2.50. The number of rotatable bonds is 4. The Bertz CT molecular complexity index is 792. The van der Waals surface area contributed by atoms with Crippen molar-refractivity contribution in [3.8, 4) is 0 Å². The van der Waals surface area contributed by atoms with Gasteiger partial charge in [-0.3, -0.25) is 9.59 Å². The van der Waals surface area contributed by atoms with E-state index in [0.29, 0.717) is 17.8 Å². The van der Waals surface area contributed by atoms with Gasteiger partial charge in [0.15, 0.2) is 5.78 Å². The van der Waals surface area contributed by atoms with Crippen molar-refractivity contribution in [1.29, 1.82) is 0 Å². The molecular weight excluding hydrogens is 374 g/mol. The summed E-state index contributed by atoms with van der Waals surface area (Å²) in [5, 5.41) is 11.6. The molecule has 2 fully saturated rings. The van der Waals surface area contributed by atoms with Gasteiger partial charge >= 0.3 is 0 Å². The van der Waals surface area contributed by atoms with Gasteiger partial charge in [0.25, 0.3) is 5.91 Å². The quantitative estimate of drug-likeness (QED) is 0.294. The first-order chi connectivity index (χ1) is 14.1. The summed E-state index contributed by atoms with van der Waals surface area (Å²) >= 11 is 0. The first-order valence-corrected chi connectivity index (χ1v) is 11.7. The fourth-order valence-corrected chi connectivity index (χ4v) is 6.36. The third kappa shape index (κ3) is 3.67. The lowest BCUT2D eigenvalue weighted by Gasteiger charge is -2.47. The minimum Gasteiger partial charge on any atom is -0.511 e. The number of aliphatic hydroxyl groups excluding tert-OH is 1. The van der Waals surface area contributed by atoms with E-state index in [4.69, 9.17) is 0 Å². The number of hydrogen-bond acceptors (Lipinski definition) is 3. The minimum atomic E-state index is -0.473. The van der Waals surface area contributed by atoms with Crippen LogP contribution in [0.5, 0.6) is 0 Å². The smallest absolute Gasteiger partial charge is 0.261 e. The van der Waals surface area contributed by atoms with E-state index < -0.39 is 6.04 Å². The zero-order chi connectivity index (χ0) is 22.3. The first kappa shape index (κ1) is 22.8. The molecule has 30 heavy (non-hydrogen) atoms. The molecule has 1 aliphatic heterocycles. The summed E-state index contributed by atoms with van der Waals surface area (Å²) in [6, 6.07) is -0.473. The third-order valence-electron chi connectivity index (χ3n) is 8.17. The van der Waals surface area contributed by atoms with Crippen LogP contribution in [0.2, 0.25) is 0 Å². The Morgan fingerprint density at radius 1 is 1.27 bits per heavy atom. The number of carbonyl (C=O) groups is 2. The maximum Gasteiger partial charge on any atom is 0.261 e. The average molecular weight is 414 g/mol. The Morgan fingerprint density at radius 3 is 2.53 bits per heavy atom. The molecule has 0 radical (unpaired) electrons. The molecule has 0 aromatic heterocycles. The molecule has 1 heterocycles. The van der Waals surface area contributed by atoms with Gasteiger partial charge in [0.1, 0.15) is 11.3 Å². The minimum absolute atomic E-state index is 0.0214. The molecule has 0 spiro atoms. The van der Waals surface area contributed by atoms with Gasteiger partial charge in [0.05, 0.1) is 6.04 Å². The van der Waals surface area contributed by atoms with Gasteiger partial charge in [-0.25, -0.2) is 0 Å². The topological polar surface area (TPSA) is 57.6 Å². The summed E-state index contributed by atoms with van der Waals surface area (Å²) in [7, 11) is 1.69. The van der Waals surface area contributed by atoms with E-state index in [9.17, 15) is 14.7 Å². The van der Waals surface area contributed by atoms with Crippen molar-refractivity contribution in [1.82, 2.24) is 4.90 Å². The molecule has 3 aliphatic rings. The highest BCUT2D eigenvalue weighted by Crippen LogP contribution is 2.52. The second-order valence-electron chi connectivity index (χ2n) is 10.1. The Hall–Kier alpha value is -1.84. The molecule has 166 valence electrons. The molecule has 1 saturated heterocycles. The van der Waals surface area contributed by atoms with Crippen LogP contribution in [0, 0.1) is 41.4 Å². The molecule has 2 aliphatic carbocycles. The van der Waals surface area contributed by atoms with Crippen LogP contribution in [0.15, 0.2) is 35.1 Å². The molecule has 4 nitrogen and oxygen atoms in total. The molecule has 8 atom stereocenters. The van der Waals surface area contributed by atoms with Crippen molar-refractivity contribution in [2.45, 2.75) is 66.8 Å². The Labute approximate surface area is 182 Å². The number of nitrogens with zero attached hydrogens (tertiary/aromatic N) is 1. The second kappa shape index (κ2) is 8.72. The van der Waals surface area contributed by atoms with Gasteiger partial charge in [0.2, 0.25) is 0 Å². The second-order valence-corrected chi connectivity index (χ2v) is 10.1. The molecule has 0 aromatic carbocycles. The maximum atomic E-state index is 13.3. The van der Waals surface area contributed by atoms with Crippen molar-refractivity contribution < 1.29 is 14.7 Å². The molecule has 8 unspecified atom stereocenters. The summed E-state index contributed by atoms with van der Waals surface area (Å²) in [5.41, 5.74) is 1.22. The van der Waals surface area contributed by atoms with Crippen molar-refractivity contribution in [3.63, 3.8) is 0 Å². The highest BCUT2D eigenvalue weighted by atomic mass is 16.3. The molecular formula is C26H39NO3. The standard InChI is InChI=1S/C26H39NO3/c1-8-15(4)19-11-10-18-13-14(3)12-17(6)20(18)21(19)24(28)22-25(29)23(16(5)9-2)27(7)26(22)30/h8,10-11,14,16-21,23,28H,9,12-13H2,1-7H3/b15-8-,24-22+. The number of allylic oxidation sites excluding steroid dienone is 5. The molecule has 3 rings (SSSR count). The van der Waals surface area contributed by atoms with Gasteiger partial charge in [0, 0.05) is 18.9 Å². The number of likely N-dealkylation sites (N-methyl/N-ethyl adjacent to an activating group) is 1. The van der Waals surface area contributed by atoms with Gasteiger partial charge in [-0.2, -0.15) is 0 Å². The van der Waals surface area contributed by atoms with Crippen LogP contribution < -0.4 is 0 Å². The predicted octanol–water partition coefficient (Wildman–Crippen LogP) is 5.32. The summed E-state index contributed by atoms with van der Waals surface area (Å²) in [6.45, 7) is 12.7. The van der Waals surface area contributed by atoms with Crippen LogP contribution in [-0.4, -0.2) is 34.8 Å². The number of Topliss-reactive ketones (excluding diaryl/α,β-unsaturated/α-hetero) is 1. The lowest BCUT2D eigenvalue weighted by atomic mass is 9.57. The van der Waals surface area contributed by atoms with E-state index in [0.717, 1.165) is 19.3 Å². The van der Waals surface area contributed by atoms with Gasteiger partial charge in [-0.15, -0.1) is 0 Å². The van der Waals surface area contributed by atoms with Gasteiger partial charge in [-0.05, 0) is 56.3 Å². The summed E-state index contributed by atoms with van der Waals surface area (Å²) < 4.78 is 0. The Balaban J connectivity index is 2.12. The van der Waals surface area contributed by atoms with Gasteiger partial charge in [-0.1, -0.05) is 57.9 Å². The number of ketones is 1. The van der Waals surface area contributed by atoms with E-state index in [1.807, 2.05) is 20.8 Å². The SMILES string of the molecule is C/C=C(/C)C1C=CC2CC(C)CC(C)C2C1/C(O)=C1/C(=O)C(C(C)CC)N(C)C1=O. The number of fused-ring (bicyclic) bond motifs is 1. The first-order valence-electron chi connectivity index (χ1n) is 11.7. The predicted molar refractivity (Wildman–Crippen MR) is 121 cm³/mol. The van der Waals surface area contributed by atoms with E-state index in [1.54, 1.807) is 11.9 Å². The molecule has 1 N–H and O–H groups in total. The van der Waals surface area contributed by atoms with Gasteiger partial charge < -0.3 is 10.0 Å². The van der Waals surface area contributed by atoms with Crippen molar-refractivity contribution in [2.75, 3.05) is 7.05 Å². The fraction of sp³-hybridized carbons (Fsp3) is 0.692. The number of hydrogen-bond donors (Lipinski definition) is 1. The molecule has 1 saturated carbocycles. The number of aliphatic hydroxyl groups is 1. The zero-order valence-electron chi connectivity index (χ0n) is 19.7. The highest BCUT2D eigenvalue weighted by molar-refractivity contribution is 6.26. The van der Waals surface area contributed by atoms with E-state index in [1.165, 1.54) is 5.57 Å². The fourth-order valence-electron chi connectivity index (χ4n) is 6.36.